The van der Waals surface area contributed by atoms with Crippen molar-refractivity contribution >= 4 is 0 Å². The van der Waals surface area contributed by atoms with Crippen LogP contribution in [0.2, 0.25) is 0 Å². The van der Waals surface area contributed by atoms with E-state index in [2.05, 4.69) is 124 Å². The molecule has 0 aromatic rings. The highest BCUT2D eigenvalue weighted by Crippen LogP contribution is 2.34. The van der Waals surface area contributed by atoms with Gasteiger partial charge in [-0.05, 0) is 322 Å². The fourth-order valence-electron chi connectivity index (χ4n) is 14.4. The van der Waals surface area contributed by atoms with Gasteiger partial charge in [0.25, 0.3) is 0 Å². The molecule has 0 aromatic carbocycles. The summed E-state index contributed by atoms with van der Waals surface area (Å²) in [6.45, 7) is 26.2. The highest BCUT2D eigenvalue weighted by atomic mass is 15.2. The van der Waals surface area contributed by atoms with Gasteiger partial charge in [0.15, 0.2) is 0 Å². The van der Waals surface area contributed by atoms with Crippen molar-refractivity contribution in [2.45, 2.75) is 210 Å². The van der Waals surface area contributed by atoms with Crippen LogP contribution < -0.4 is 0 Å². The van der Waals surface area contributed by atoms with Gasteiger partial charge in [-0.15, -0.1) is 0 Å². The van der Waals surface area contributed by atoms with E-state index in [1.807, 2.05) is 0 Å². The van der Waals surface area contributed by atoms with Gasteiger partial charge in [-0.3, -0.25) is 0 Å². The van der Waals surface area contributed by atoms with Gasteiger partial charge in [0.05, 0.1) is 0 Å². The highest BCUT2D eigenvalue weighted by Gasteiger charge is 2.31. The lowest BCUT2D eigenvalue weighted by molar-refractivity contribution is 0.0841. The van der Waals surface area contributed by atoms with Gasteiger partial charge in [0, 0.05) is 49.3 Å². The van der Waals surface area contributed by atoms with Crippen molar-refractivity contribution < 1.29 is 0 Å². The monoisotopic (exact) mass is 1010 g/mol. The summed E-state index contributed by atoms with van der Waals surface area (Å²) in [7, 11) is 20.0. The van der Waals surface area contributed by atoms with Crippen LogP contribution in [-0.2, 0) is 0 Å². The molecule has 0 N–H and O–H groups in total. The second-order valence-electron chi connectivity index (χ2n) is 25.6. The summed E-state index contributed by atoms with van der Waals surface area (Å²) in [6.07, 6.45) is 37.2. The number of hydrogen-bond donors (Lipinski definition) is 0. The molecule has 11 nitrogen and oxygen atoms in total. The van der Waals surface area contributed by atoms with Crippen molar-refractivity contribution in [2.75, 3.05) is 181 Å². The third-order valence-electron chi connectivity index (χ3n) is 19.7. The van der Waals surface area contributed by atoms with Crippen LogP contribution in [-0.4, -0.2) is 271 Å². The maximum atomic E-state index is 2.73. The normalized spacial score (nSPS) is 32.0. The zero-order valence-corrected chi connectivity index (χ0v) is 50.1. The fourth-order valence-corrected chi connectivity index (χ4v) is 14.4. The Hall–Kier alpha value is -0.440. The Morgan fingerprint density at radius 3 is 1.32 bits per heavy atom. The van der Waals surface area contributed by atoms with E-state index in [-0.39, 0.29) is 0 Å². The molecule has 11 rings (SSSR count). The summed E-state index contributed by atoms with van der Waals surface area (Å²) in [5.41, 5.74) is 0. The van der Waals surface area contributed by atoms with Crippen LogP contribution in [0.1, 0.15) is 174 Å². The average molecular weight is 1010 g/mol. The van der Waals surface area contributed by atoms with Crippen molar-refractivity contribution in [1.29, 1.82) is 0 Å². The minimum atomic E-state index is 0.801. The molecule has 72 heavy (non-hydrogen) atoms. The second kappa shape index (κ2) is 35.9. The van der Waals surface area contributed by atoms with E-state index in [1.54, 1.807) is 0 Å². The molecule has 10 saturated heterocycles. The first-order chi connectivity index (χ1) is 34.9. The Kier molecular flexibility index (Phi) is 31.1. The first-order valence-electron chi connectivity index (χ1n) is 31.6. The van der Waals surface area contributed by atoms with Crippen molar-refractivity contribution in [1.82, 2.24) is 53.9 Å². The molecule has 11 heteroatoms. The third kappa shape index (κ3) is 23.7. The number of rotatable bonds is 8. The molecular weight excluding hydrogens is 887 g/mol. The molecule has 0 aromatic heterocycles. The van der Waals surface area contributed by atoms with Crippen LogP contribution in [0.15, 0.2) is 0 Å². The molecule has 0 radical (unpaired) electrons. The van der Waals surface area contributed by atoms with E-state index in [1.165, 1.54) is 285 Å². The molecule has 11 aliphatic rings. The molecule has 0 amide bonds. The molecule has 0 spiro atoms. The second-order valence-corrected chi connectivity index (χ2v) is 25.6. The van der Waals surface area contributed by atoms with E-state index in [0.717, 1.165) is 42.2 Å². The number of nitrogens with zero attached hydrogens (tertiary/aromatic N) is 11. The SMILES string of the molecule is CCC1CCCN1C.CN1CCC(N(C)C)C1.CN1CCC(N2CCCCC2)CC1.CN1CCCC1.CN1CCCC1CCN1CCCC1.CN1CCCC1CN1CCCC1.CN1CCCC2CCCCC21. The zero-order chi connectivity index (χ0) is 51.5. The van der Waals surface area contributed by atoms with E-state index in [0.29, 0.717) is 0 Å². The summed E-state index contributed by atoms with van der Waals surface area (Å²) in [6, 6.07) is 5.32. The van der Waals surface area contributed by atoms with Gasteiger partial charge < -0.3 is 53.9 Å². The standard InChI is InChI=1S/2C11H22N2.C10H20N2.C10H19N.C7H16N2.C7H15N.C5H11N/c1-12-7-4-5-11(12)6-10-13-8-2-3-9-13;1-12-9-5-11(6-10-12)13-7-3-2-4-8-13;1-11-6-4-5-10(11)9-12-7-2-3-8-12;1-11-8-4-6-9-5-2-3-7-10(9)11;1-8(2)7-4-5-9(3)6-7;1-3-7-5-4-6-8(7)2;1-6-4-2-3-5-6/h2*11H,2-10H2,1H3;10H,2-9H2,1H3;9-10H,2-8H2,1H3;7H,4-6H2,1-3H3;7H,3-6H2,1-2H3;2-5H2,1H3. The number of piperidine rings is 3. The summed E-state index contributed by atoms with van der Waals surface area (Å²) < 4.78 is 0. The first kappa shape index (κ1) is 62.4. The molecule has 6 atom stereocenters. The average Bonchev–Trinajstić information content (AvgIpc) is 4.26. The van der Waals surface area contributed by atoms with Crippen molar-refractivity contribution in [3.05, 3.63) is 0 Å². The van der Waals surface area contributed by atoms with Gasteiger partial charge >= 0.3 is 0 Å². The maximum absolute atomic E-state index is 2.73. The molecule has 10 heterocycles. The van der Waals surface area contributed by atoms with E-state index >= 15 is 0 Å². The first-order valence-corrected chi connectivity index (χ1v) is 31.6. The Balaban J connectivity index is 0.000000158. The molecular formula is C61H125N11. The van der Waals surface area contributed by atoms with E-state index in [4.69, 9.17) is 0 Å². The van der Waals surface area contributed by atoms with Gasteiger partial charge in [-0.25, -0.2) is 0 Å². The summed E-state index contributed by atoms with van der Waals surface area (Å²) in [5.74, 6) is 1.06. The molecule has 10 aliphatic heterocycles. The van der Waals surface area contributed by atoms with Gasteiger partial charge in [-0.2, -0.15) is 0 Å². The van der Waals surface area contributed by atoms with Crippen LogP contribution in [0, 0.1) is 5.92 Å². The van der Waals surface area contributed by atoms with Crippen LogP contribution in [0.3, 0.4) is 0 Å². The lowest BCUT2D eigenvalue weighted by atomic mass is 9.79. The molecule has 6 unspecified atom stereocenters. The van der Waals surface area contributed by atoms with Crippen LogP contribution in [0.5, 0.6) is 0 Å². The van der Waals surface area contributed by atoms with Crippen molar-refractivity contribution in [3.63, 3.8) is 0 Å². The quantitative estimate of drug-likeness (QED) is 0.234. The minimum absolute atomic E-state index is 0.801. The predicted molar refractivity (Wildman–Crippen MR) is 313 cm³/mol. The van der Waals surface area contributed by atoms with Crippen LogP contribution in [0.4, 0.5) is 0 Å². The lowest BCUT2D eigenvalue weighted by Crippen LogP contribution is -2.45. The summed E-state index contributed by atoms with van der Waals surface area (Å²) in [4.78, 5) is 27.6. The topological polar surface area (TPSA) is 35.6 Å². The lowest BCUT2D eigenvalue weighted by Gasteiger charge is -2.42. The van der Waals surface area contributed by atoms with Crippen LogP contribution >= 0.6 is 0 Å². The van der Waals surface area contributed by atoms with Gasteiger partial charge in [-0.1, -0.05) is 26.2 Å². The smallest absolute Gasteiger partial charge is 0.0229 e. The maximum Gasteiger partial charge on any atom is 0.0229 e. The molecule has 0 bridgehead atoms. The number of likely N-dealkylation sites (tertiary alicyclic amines) is 10. The Labute approximate surface area is 449 Å². The predicted octanol–water partition coefficient (Wildman–Crippen LogP) is 9.03. The molecule has 11 fully saturated rings. The Morgan fingerprint density at radius 2 is 0.847 bits per heavy atom. The van der Waals surface area contributed by atoms with Crippen molar-refractivity contribution in [3.8, 4) is 0 Å². The largest absolute Gasteiger partial charge is 0.306 e. The number of fused-ring (bicyclic) bond motifs is 1. The third-order valence-corrected chi connectivity index (χ3v) is 19.7. The van der Waals surface area contributed by atoms with E-state index in [9.17, 15) is 0 Å². The molecule has 424 valence electrons. The number of hydrogen-bond acceptors (Lipinski definition) is 11. The van der Waals surface area contributed by atoms with Gasteiger partial charge in [0.1, 0.15) is 0 Å². The summed E-state index contributed by atoms with van der Waals surface area (Å²) in [5, 5.41) is 0. The highest BCUT2D eigenvalue weighted by molar-refractivity contribution is 4.86. The Morgan fingerprint density at radius 1 is 0.375 bits per heavy atom. The fraction of sp³-hybridized carbons (Fsp3) is 1.00. The van der Waals surface area contributed by atoms with E-state index < -0.39 is 0 Å². The van der Waals surface area contributed by atoms with Gasteiger partial charge in [0.2, 0.25) is 0 Å². The molecule has 1 saturated carbocycles. The Bertz CT molecular complexity index is 1300. The minimum Gasteiger partial charge on any atom is -0.306 e. The van der Waals surface area contributed by atoms with Crippen LogP contribution in [0.25, 0.3) is 0 Å². The number of likely N-dealkylation sites (N-methyl/N-ethyl adjacent to an activating group) is 3. The zero-order valence-electron chi connectivity index (χ0n) is 50.1. The summed E-state index contributed by atoms with van der Waals surface area (Å²) >= 11 is 0. The van der Waals surface area contributed by atoms with Crippen molar-refractivity contribution in [2.24, 2.45) is 5.92 Å². The molecule has 1 aliphatic carbocycles.